The summed E-state index contributed by atoms with van der Waals surface area (Å²) in [6.07, 6.45) is 2.21. The van der Waals surface area contributed by atoms with Crippen LogP contribution in [0.25, 0.3) is 0 Å². The molecule has 0 fully saturated rings. The van der Waals surface area contributed by atoms with Crippen LogP contribution >= 0.6 is 38.5 Å². The molecule has 0 spiro atoms. The van der Waals surface area contributed by atoms with Crippen molar-refractivity contribution < 1.29 is 0 Å². The molecular weight excluding hydrogens is 329 g/mol. The van der Waals surface area contributed by atoms with Crippen molar-refractivity contribution in [3.8, 4) is 0 Å². The van der Waals surface area contributed by atoms with Gasteiger partial charge in [-0.2, -0.15) is 0 Å². The molecular formula is C9H9BrIN. The molecule has 0 saturated carbocycles. The highest BCUT2D eigenvalue weighted by Gasteiger charge is 2.23. The second-order valence-electron chi connectivity index (χ2n) is 3.07. The third-order valence-electron chi connectivity index (χ3n) is 2.32. The van der Waals surface area contributed by atoms with Crippen LogP contribution in [0.1, 0.15) is 23.6 Å². The summed E-state index contributed by atoms with van der Waals surface area (Å²) in [5.41, 5.74) is 8.75. The minimum atomic E-state index is 0.254. The molecule has 1 atom stereocenters. The second-order valence-corrected chi connectivity index (χ2v) is 5.08. The van der Waals surface area contributed by atoms with Crippen LogP contribution in [0.2, 0.25) is 0 Å². The van der Waals surface area contributed by atoms with Gasteiger partial charge in [0.25, 0.3) is 0 Å². The highest BCUT2D eigenvalue weighted by Crippen LogP contribution is 2.37. The maximum Gasteiger partial charge on any atom is 0.0311 e. The molecule has 0 radical (unpaired) electrons. The predicted octanol–water partition coefficient (Wildman–Crippen LogP) is 3.00. The van der Waals surface area contributed by atoms with Crippen LogP contribution in [0.4, 0.5) is 0 Å². The van der Waals surface area contributed by atoms with E-state index in [1.807, 2.05) is 0 Å². The molecule has 2 rings (SSSR count). The number of hydrogen-bond acceptors (Lipinski definition) is 1. The van der Waals surface area contributed by atoms with Crippen molar-refractivity contribution in [3.05, 3.63) is 31.3 Å². The zero-order chi connectivity index (χ0) is 8.72. The number of nitrogens with two attached hydrogens (primary N) is 1. The van der Waals surface area contributed by atoms with E-state index >= 15 is 0 Å². The first-order valence-corrected chi connectivity index (χ1v) is 5.79. The van der Waals surface area contributed by atoms with Crippen LogP contribution in [-0.4, -0.2) is 0 Å². The van der Waals surface area contributed by atoms with Gasteiger partial charge in [0.2, 0.25) is 0 Å². The second kappa shape index (κ2) is 3.27. The Morgan fingerprint density at radius 3 is 2.92 bits per heavy atom. The number of halogens is 2. The zero-order valence-corrected chi connectivity index (χ0v) is 10.2. The van der Waals surface area contributed by atoms with Crippen molar-refractivity contribution in [2.75, 3.05) is 0 Å². The lowest BCUT2D eigenvalue weighted by Crippen LogP contribution is -2.06. The number of benzene rings is 1. The first kappa shape index (κ1) is 8.97. The average Bonchev–Trinajstić information content (AvgIpc) is 2.42. The van der Waals surface area contributed by atoms with Crippen molar-refractivity contribution >= 4 is 38.5 Å². The maximum atomic E-state index is 5.99. The van der Waals surface area contributed by atoms with Gasteiger partial charge in [0.05, 0.1) is 0 Å². The molecule has 0 heterocycles. The standard InChI is InChI=1S/C9H9BrIN/c10-6-2-3-7(11)9-5(6)1-4-8(9)12/h2-3,8H,1,4,12H2/t8-/m0/s1. The molecule has 1 aromatic carbocycles. The topological polar surface area (TPSA) is 26.0 Å². The SMILES string of the molecule is N[C@H]1CCc2c(Br)ccc(I)c21. The van der Waals surface area contributed by atoms with E-state index in [2.05, 4.69) is 50.7 Å². The molecule has 3 heteroatoms. The normalized spacial score (nSPS) is 21.1. The molecule has 0 bridgehead atoms. The fraction of sp³-hybridized carbons (Fsp3) is 0.333. The van der Waals surface area contributed by atoms with E-state index in [1.165, 1.54) is 19.2 Å². The molecule has 1 nitrogen and oxygen atoms in total. The van der Waals surface area contributed by atoms with E-state index in [4.69, 9.17) is 5.73 Å². The third kappa shape index (κ3) is 1.32. The summed E-state index contributed by atoms with van der Waals surface area (Å²) in [6.45, 7) is 0. The largest absolute Gasteiger partial charge is 0.324 e. The Morgan fingerprint density at radius 2 is 2.25 bits per heavy atom. The number of fused-ring (bicyclic) bond motifs is 1. The smallest absolute Gasteiger partial charge is 0.0311 e. The Balaban J connectivity index is 2.64. The Hall–Kier alpha value is 0.390. The van der Waals surface area contributed by atoms with Gasteiger partial charge in [0.15, 0.2) is 0 Å². The summed E-state index contributed by atoms with van der Waals surface area (Å²) in [5, 5.41) is 0. The van der Waals surface area contributed by atoms with Gasteiger partial charge in [-0.05, 0) is 58.7 Å². The Kier molecular flexibility index (Phi) is 2.44. The van der Waals surface area contributed by atoms with E-state index in [1.54, 1.807) is 0 Å². The third-order valence-corrected chi connectivity index (χ3v) is 4.01. The Bertz CT molecular complexity index is 325. The zero-order valence-electron chi connectivity index (χ0n) is 6.48. The van der Waals surface area contributed by atoms with E-state index in [0.717, 1.165) is 12.8 Å². The molecule has 0 aromatic heterocycles. The van der Waals surface area contributed by atoms with Crippen LogP contribution < -0.4 is 5.73 Å². The van der Waals surface area contributed by atoms with Crippen LogP contribution in [0, 0.1) is 3.57 Å². The van der Waals surface area contributed by atoms with Crippen LogP contribution in [0.15, 0.2) is 16.6 Å². The predicted molar refractivity (Wildman–Crippen MR) is 62.1 cm³/mol. The first-order valence-electron chi connectivity index (χ1n) is 3.92. The van der Waals surface area contributed by atoms with E-state index in [9.17, 15) is 0 Å². The summed E-state index contributed by atoms with van der Waals surface area (Å²) in [5.74, 6) is 0. The minimum absolute atomic E-state index is 0.254. The van der Waals surface area contributed by atoms with Gasteiger partial charge in [-0.15, -0.1) is 0 Å². The first-order chi connectivity index (χ1) is 5.70. The van der Waals surface area contributed by atoms with E-state index < -0.39 is 0 Å². The summed E-state index contributed by atoms with van der Waals surface area (Å²) in [6, 6.07) is 4.48. The van der Waals surface area contributed by atoms with Crippen molar-refractivity contribution in [1.82, 2.24) is 0 Å². The summed E-state index contributed by atoms with van der Waals surface area (Å²) in [7, 11) is 0. The van der Waals surface area contributed by atoms with Gasteiger partial charge in [0.1, 0.15) is 0 Å². The van der Waals surface area contributed by atoms with Crippen molar-refractivity contribution in [1.29, 1.82) is 0 Å². The Labute approximate surface area is 94.0 Å². The number of rotatable bonds is 0. The highest BCUT2D eigenvalue weighted by atomic mass is 127. The highest BCUT2D eigenvalue weighted by molar-refractivity contribution is 14.1. The molecule has 1 aliphatic carbocycles. The average molecular weight is 338 g/mol. The molecule has 0 amide bonds. The van der Waals surface area contributed by atoms with Crippen molar-refractivity contribution in [2.45, 2.75) is 18.9 Å². The van der Waals surface area contributed by atoms with Gasteiger partial charge in [-0.1, -0.05) is 15.9 Å². The molecule has 0 saturated heterocycles. The molecule has 1 aromatic rings. The lowest BCUT2D eigenvalue weighted by atomic mass is 10.1. The lowest BCUT2D eigenvalue weighted by Gasteiger charge is -2.08. The van der Waals surface area contributed by atoms with Crippen molar-refractivity contribution in [3.63, 3.8) is 0 Å². The molecule has 1 aliphatic rings. The maximum absolute atomic E-state index is 5.99. The van der Waals surface area contributed by atoms with E-state index in [-0.39, 0.29) is 6.04 Å². The minimum Gasteiger partial charge on any atom is -0.324 e. The van der Waals surface area contributed by atoms with Gasteiger partial charge in [-0.3, -0.25) is 0 Å². The quantitative estimate of drug-likeness (QED) is 0.724. The Morgan fingerprint density at radius 1 is 1.50 bits per heavy atom. The van der Waals surface area contributed by atoms with Gasteiger partial charge in [0, 0.05) is 14.1 Å². The molecule has 64 valence electrons. The fourth-order valence-electron chi connectivity index (χ4n) is 1.71. The monoisotopic (exact) mass is 337 g/mol. The summed E-state index contributed by atoms with van der Waals surface area (Å²) < 4.78 is 2.52. The summed E-state index contributed by atoms with van der Waals surface area (Å²) >= 11 is 5.91. The fourth-order valence-corrected chi connectivity index (χ4v) is 3.16. The van der Waals surface area contributed by atoms with Crippen LogP contribution in [-0.2, 0) is 6.42 Å². The molecule has 0 unspecified atom stereocenters. The van der Waals surface area contributed by atoms with Gasteiger partial charge >= 0.3 is 0 Å². The van der Waals surface area contributed by atoms with Crippen LogP contribution in [0.3, 0.4) is 0 Å². The molecule has 2 N–H and O–H groups in total. The van der Waals surface area contributed by atoms with Crippen molar-refractivity contribution in [2.24, 2.45) is 5.73 Å². The molecule has 0 aliphatic heterocycles. The number of hydrogen-bond donors (Lipinski definition) is 1. The van der Waals surface area contributed by atoms with Crippen LogP contribution in [0.5, 0.6) is 0 Å². The van der Waals surface area contributed by atoms with Gasteiger partial charge in [-0.25, -0.2) is 0 Å². The van der Waals surface area contributed by atoms with E-state index in [0.29, 0.717) is 0 Å². The molecule has 12 heavy (non-hydrogen) atoms. The lowest BCUT2D eigenvalue weighted by molar-refractivity contribution is 0.711. The summed E-state index contributed by atoms with van der Waals surface area (Å²) in [4.78, 5) is 0. The van der Waals surface area contributed by atoms with Gasteiger partial charge < -0.3 is 5.73 Å².